The molecular formula is C17H23F3N2O2. The Morgan fingerprint density at radius 2 is 1.96 bits per heavy atom. The molecule has 134 valence electrons. The minimum absolute atomic E-state index is 0.168. The van der Waals surface area contributed by atoms with Gasteiger partial charge in [-0.2, -0.15) is 13.2 Å². The summed E-state index contributed by atoms with van der Waals surface area (Å²) in [6.45, 7) is 5.54. The zero-order valence-corrected chi connectivity index (χ0v) is 13.8. The van der Waals surface area contributed by atoms with Gasteiger partial charge in [-0.1, -0.05) is 26.0 Å². The van der Waals surface area contributed by atoms with Crippen LogP contribution in [0.15, 0.2) is 24.3 Å². The van der Waals surface area contributed by atoms with E-state index in [4.69, 9.17) is 10.5 Å². The van der Waals surface area contributed by atoms with E-state index in [1.807, 2.05) is 13.8 Å². The SMILES string of the molecule is CC(C)CC1C(C(N)=O)OCCN1Cc1ccc(C(F)(F)F)cc1. The highest BCUT2D eigenvalue weighted by Gasteiger charge is 2.36. The summed E-state index contributed by atoms with van der Waals surface area (Å²) < 4.78 is 43.5. The van der Waals surface area contributed by atoms with Gasteiger partial charge in [0.1, 0.15) is 0 Å². The Labute approximate surface area is 139 Å². The van der Waals surface area contributed by atoms with Gasteiger partial charge < -0.3 is 10.5 Å². The minimum atomic E-state index is -4.34. The minimum Gasteiger partial charge on any atom is -0.367 e. The van der Waals surface area contributed by atoms with E-state index in [-0.39, 0.29) is 6.04 Å². The number of amides is 1. The number of carbonyl (C=O) groups is 1. The Morgan fingerprint density at radius 3 is 2.46 bits per heavy atom. The van der Waals surface area contributed by atoms with Crippen LogP contribution in [0.4, 0.5) is 13.2 Å². The van der Waals surface area contributed by atoms with Crippen molar-refractivity contribution in [2.75, 3.05) is 13.2 Å². The predicted molar refractivity (Wildman–Crippen MR) is 84.0 cm³/mol. The van der Waals surface area contributed by atoms with Gasteiger partial charge >= 0.3 is 6.18 Å². The van der Waals surface area contributed by atoms with Crippen molar-refractivity contribution in [1.82, 2.24) is 4.90 Å². The van der Waals surface area contributed by atoms with Gasteiger partial charge in [0.2, 0.25) is 5.91 Å². The number of alkyl halides is 3. The Bertz CT molecular complexity index is 558. The highest BCUT2D eigenvalue weighted by molar-refractivity contribution is 5.79. The lowest BCUT2D eigenvalue weighted by atomic mass is 9.95. The van der Waals surface area contributed by atoms with E-state index in [2.05, 4.69) is 4.90 Å². The van der Waals surface area contributed by atoms with Crippen LogP contribution in [0.2, 0.25) is 0 Å². The molecule has 2 rings (SSSR count). The first kappa shape index (κ1) is 18.7. The molecule has 2 atom stereocenters. The number of ether oxygens (including phenoxy) is 1. The molecule has 2 unspecified atom stereocenters. The summed E-state index contributed by atoms with van der Waals surface area (Å²) in [4.78, 5) is 13.7. The van der Waals surface area contributed by atoms with Gasteiger partial charge in [-0.05, 0) is 30.0 Å². The smallest absolute Gasteiger partial charge is 0.367 e. The average molecular weight is 344 g/mol. The van der Waals surface area contributed by atoms with E-state index in [9.17, 15) is 18.0 Å². The molecule has 0 radical (unpaired) electrons. The number of hydrogen-bond donors (Lipinski definition) is 1. The van der Waals surface area contributed by atoms with Crippen molar-refractivity contribution < 1.29 is 22.7 Å². The molecule has 1 aromatic carbocycles. The van der Waals surface area contributed by atoms with Crippen LogP contribution < -0.4 is 5.73 Å². The van der Waals surface area contributed by atoms with Crippen LogP contribution >= 0.6 is 0 Å². The summed E-state index contributed by atoms with van der Waals surface area (Å²) in [6, 6.07) is 4.95. The van der Waals surface area contributed by atoms with E-state index in [1.54, 1.807) is 0 Å². The standard InChI is InChI=1S/C17H23F3N2O2/c1-11(2)9-14-15(16(21)23)24-8-7-22(14)10-12-3-5-13(6-4-12)17(18,19)20/h3-6,11,14-15H,7-10H2,1-2H3,(H2,21,23). The summed E-state index contributed by atoms with van der Waals surface area (Å²) in [7, 11) is 0. The number of morpholine rings is 1. The van der Waals surface area contributed by atoms with E-state index < -0.39 is 23.8 Å². The molecule has 24 heavy (non-hydrogen) atoms. The fraction of sp³-hybridized carbons (Fsp3) is 0.588. The second-order valence-corrected chi connectivity index (χ2v) is 6.56. The van der Waals surface area contributed by atoms with Crippen LogP contribution in [0.1, 0.15) is 31.4 Å². The number of rotatable bonds is 5. The van der Waals surface area contributed by atoms with Crippen molar-refractivity contribution in [2.45, 2.75) is 45.1 Å². The van der Waals surface area contributed by atoms with Gasteiger partial charge in [-0.3, -0.25) is 9.69 Å². The Kier molecular flexibility index (Phi) is 5.87. The molecule has 0 spiro atoms. The number of nitrogens with two attached hydrogens (primary N) is 1. The lowest BCUT2D eigenvalue weighted by Gasteiger charge is -2.40. The number of nitrogens with zero attached hydrogens (tertiary/aromatic N) is 1. The molecule has 0 aliphatic carbocycles. The Morgan fingerprint density at radius 1 is 1.33 bits per heavy atom. The third kappa shape index (κ3) is 4.70. The fourth-order valence-corrected chi connectivity index (χ4v) is 3.02. The van der Waals surface area contributed by atoms with Crippen LogP contribution in [0.25, 0.3) is 0 Å². The second-order valence-electron chi connectivity index (χ2n) is 6.56. The van der Waals surface area contributed by atoms with E-state index >= 15 is 0 Å². The third-order valence-electron chi connectivity index (χ3n) is 4.15. The number of carbonyl (C=O) groups excluding carboxylic acids is 1. The third-order valence-corrected chi connectivity index (χ3v) is 4.15. The van der Waals surface area contributed by atoms with E-state index in [0.717, 1.165) is 24.1 Å². The molecule has 1 aromatic rings. The Hall–Kier alpha value is -1.60. The zero-order chi connectivity index (χ0) is 17.9. The number of hydrogen-bond acceptors (Lipinski definition) is 3. The highest BCUT2D eigenvalue weighted by Crippen LogP contribution is 2.30. The first-order valence-corrected chi connectivity index (χ1v) is 7.99. The summed E-state index contributed by atoms with van der Waals surface area (Å²) in [6.07, 6.45) is -4.29. The van der Waals surface area contributed by atoms with Crippen molar-refractivity contribution in [3.8, 4) is 0 Å². The van der Waals surface area contributed by atoms with Crippen LogP contribution in [0, 0.1) is 5.92 Å². The fourth-order valence-electron chi connectivity index (χ4n) is 3.02. The first-order valence-electron chi connectivity index (χ1n) is 7.99. The highest BCUT2D eigenvalue weighted by atomic mass is 19.4. The van der Waals surface area contributed by atoms with E-state index in [0.29, 0.717) is 25.6 Å². The molecule has 0 saturated carbocycles. The predicted octanol–water partition coefficient (Wildman–Crippen LogP) is 2.81. The van der Waals surface area contributed by atoms with Crippen LogP contribution in [0.3, 0.4) is 0 Å². The van der Waals surface area contributed by atoms with Gasteiger partial charge in [0.25, 0.3) is 0 Å². The number of primary amides is 1. The zero-order valence-electron chi connectivity index (χ0n) is 13.8. The van der Waals surface area contributed by atoms with Gasteiger partial charge in [-0.15, -0.1) is 0 Å². The molecule has 1 heterocycles. The van der Waals surface area contributed by atoms with Crippen molar-refractivity contribution in [2.24, 2.45) is 11.7 Å². The quantitative estimate of drug-likeness (QED) is 0.894. The Balaban J connectivity index is 2.14. The van der Waals surface area contributed by atoms with Crippen LogP contribution in [0.5, 0.6) is 0 Å². The number of halogens is 3. The molecule has 1 aliphatic heterocycles. The molecular weight excluding hydrogens is 321 g/mol. The maximum atomic E-state index is 12.6. The molecule has 2 N–H and O–H groups in total. The molecule has 1 fully saturated rings. The van der Waals surface area contributed by atoms with Gasteiger partial charge in [0.05, 0.1) is 12.2 Å². The molecule has 7 heteroatoms. The first-order chi connectivity index (χ1) is 11.2. The van der Waals surface area contributed by atoms with Gasteiger partial charge in [0, 0.05) is 19.1 Å². The molecule has 1 aliphatic rings. The van der Waals surface area contributed by atoms with Gasteiger partial charge in [-0.25, -0.2) is 0 Å². The van der Waals surface area contributed by atoms with Crippen LogP contribution in [-0.2, 0) is 22.3 Å². The van der Waals surface area contributed by atoms with Crippen LogP contribution in [-0.4, -0.2) is 36.1 Å². The monoisotopic (exact) mass is 344 g/mol. The largest absolute Gasteiger partial charge is 0.416 e. The van der Waals surface area contributed by atoms with Crippen molar-refractivity contribution in [3.05, 3.63) is 35.4 Å². The normalized spacial score (nSPS) is 22.8. The number of benzene rings is 1. The molecule has 0 aromatic heterocycles. The summed E-state index contributed by atoms with van der Waals surface area (Å²) >= 11 is 0. The average Bonchev–Trinajstić information content (AvgIpc) is 2.48. The lowest BCUT2D eigenvalue weighted by Crippen LogP contribution is -2.56. The maximum Gasteiger partial charge on any atom is 0.416 e. The topological polar surface area (TPSA) is 55.6 Å². The van der Waals surface area contributed by atoms with Crippen molar-refractivity contribution >= 4 is 5.91 Å². The molecule has 4 nitrogen and oxygen atoms in total. The van der Waals surface area contributed by atoms with E-state index in [1.165, 1.54) is 12.1 Å². The second kappa shape index (κ2) is 7.53. The van der Waals surface area contributed by atoms with Crippen molar-refractivity contribution in [1.29, 1.82) is 0 Å². The molecule has 1 saturated heterocycles. The molecule has 0 bridgehead atoms. The summed E-state index contributed by atoms with van der Waals surface area (Å²) in [5, 5.41) is 0. The van der Waals surface area contributed by atoms with Gasteiger partial charge in [0.15, 0.2) is 6.10 Å². The molecule has 1 amide bonds. The lowest BCUT2D eigenvalue weighted by molar-refractivity contribution is -0.143. The summed E-state index contributed by atoms with van der Waals surface area (Å²) in [5.41, 5.74) is 5.54. The maximum absolute atomic E-state index is 12.6. The summed E-state index contributed by atoms with van der Waals surface area (Å²) in [5.74, 6) is -0.161. The van der Waals surface area contributed by atoms with Crippen molar-refractivity contribution in [3.63, 3.8) is 0 Å².